The summed E-state index contributed by atoms with van der Waals surface area (Å²) < 4.78 is 5.80. The Morgan fingerprint density at radius 2 is 2.39 bits per heavy atom. The molecule has 1 saturated heterocycles. The van der Waals surface area contributed by atoms with Crippen LogP contribution >= 0.6 is 15.9 Å². The molecule has 0 saturated carbocycles. The molecular weight excluding hydrogens is 296 g/mol. The molecule has 5 heteroatoms. The highest BCUT2D eigenvalue weighted by molar-refractivity contribution is 9.10. The molecule has 1 aromatic heterocycles. The van der Waals surface area contributed by atoms with Crippen molar-refractivity contribution in [2.75, 3.05) is 19.6 Å². The van der Waals surface area contributed by atoms with Crippen LogP contribution in [0.4, 0.5) is 0 Å². The van der Waals surface area contributed by atoms with Gasteiger partial charge in [-0.05, 0) is 60.8 Å². The van der Waals surface area contributed by atoms with Crippen molar-refractivity contribution >= 4 is 21.8 Å². The Labute approximate surface area is 116 Å². The van der Waals surface area contributed by atoms with Gasteiger partial charge < -0.3 is 14.6 Å². The van der Waals surface area contributed by atoms with Gasteiger partial charge in [0.25, 0.3) is 5.91 Å². The summed E-state index contributed by atoms with van der Waals surface area (Å²) in [5.74, 6) is 0.777. The SMILES string of the molecule is CC(C)N1CCC(CNC(=O)c2ccc(Br)o2)C1. The number of amides is 1. The number of carbonyl (C=O) groups excluding carboxylic acids is 1. The molecule has 1 aromatic rings. The monoisotopic (exact) mass is 314 g/mol. The number of hydrogen-bond donors (Lipinski definition) is 1. The number of nitrogens with one attached hydrogen (secondary N) is 1. The van der Waals surface area contributed by atoms with Crippen LogP contribution in [0.3, 0.4) is 0 Å². The van der Waals surface area contributed by atoms with Gasteiger partial charge in [-0.25, -0.2) is 0 Å². The van der Waals surface area contributed by atoms with Crippen LogP contribution in [0, 0.1) is 5.92 Å². The van der Waals surface area contributed by atoms with Crippen LogP contribution in [0.5, 0.6) is 0 Å². The van der Waals surface area contributed by atoms with Crippen LogP contribution < -0.4 is 5.32 Å². The highest BCUT2D eigenvalue weighted by Crippen LogP contribution is 2.18. The summed E-state index contributed by atoms with van der Waals surface area (Å²) in [6, 6.07) is 3.99. The first-order chi connectivity index (χ1) is 8.56. The first-order valence-corrected chi connectivity index (χ1v) is 7.13. The lowest BCUT2D eigenvalue weighted by Gasteiger charge is -2.20. The van der Waals surface area contributed by atoms with Crippen LogP contribution in [0.25, 0.3) is 0 Å². The normalized spacial score (nSPS) is 20.6. The van der Waals surface area contributed by atoms with Crippen molar-refractivity contribution in [3.63, 3.8) is 0 Å². The Bertz CT molecular complexity index is 417. The second kappa shape index (κ2) is 5.89. The Morgan fingerprint density at radius 1 is 1.61 bits per heavy atom. The van der Waals surface area contributed by atoms with E-state index in [0.29, 0.717) is 22.4 Å². The molecule has 1 amide bonds. The Balaban J connectivity index is 1.77. The third kappa shape index (κ3) is 3.36. The summed E-state index contributed by atoms with van der Waals surface area (Å²) in [7, 11) is 0. The van der Waals surface area contributed by atoms with Crippen molar-refractivity contribution in [2.45, 2.75) is 26.3 Å². The van der Waals surface area contributed by atoms with E-state index in [1.165, 1.54) is 0 Å². The Hall–Kier alpha value is -0.810. The predicted molar refractivity (Wildman–Crippen MR) is 73.6 cm³/mol. The molecule has 100 valence electrons. The van der Waals surface area contributed by atoms with E-state index >= 15 is 0 Å². The van der Waals surface area contributed by atoms with Crippen molar-refractivity contribution in [3.8, 4) is 0 Å². The number of carbonyl (C=O) groups is 1. The van der Waals surface area contributed by atoms with Gasteiger partial charge in [0.1, 0.15) is 0 Å². The van der Waals surface area contributed by atoms with Gasteiger partial charge in [-0.15, -0.1) is 0 Å². The van der Waals surface area contributed by atoms with Crippen LogP contribution in [-0.4, -0.2) is 36.5 Å². The third-order valence-electron chi connectivity index (χ3n) is 3.40. The third-order valence-corrected chi connectivity index (χ3v) is 3.82. The molecule has 18 heavy (non-hydrogen) atoms. The van der Waals surface area contributed by atoms with Gasteiger partial charge in [0.05, 0.1) is 0 Å². The second-order valence-electron chi connectivity index (χ2n) is 5.06. The molecule has 0 aromatic carbocycles. The number of rotatable bonds is 4. The van der Waals surface area contributed by atoms with Crippen molar-refractivity contribution in [2.24, 2.45) is 5.92 Å². The average Bonchev–Trinajstić information content (AvgIpc) is 2.94. The minimum Gasteiger partial charge on any atom is -0.444 e. The molecule has 1 aliphatic rings. The van der Waals surface area contributed by atoms with E-state index in [0.717, 1.165) is 26.1 Å². The van der Waals surface area contributed by atoms with Gasteiger partial charge >= 0.3 is 0 Å². The summed E-state index contributed by atoms with van der Waals surface area (Å²) in [4.78, 5) is 14.2. The maximum Gasteiger partial charge on any atom is 0.287 e. The molecule has 1 atom stereocenters. The molecule has 0 spiro atoms. The molecule has 0 bridgehead atoms. The number of nitrogens with zero attached hydrogens (tertiary/aromatic N) is 1. The zero-order valence-corrected chi connectivity index (χ0v) is 12.4. The van der Waals surface area contributed by atoms with Crippen LogP contribution in [0.2, 0.25) is 0 Å². The quantitative estimate of drug-likeness (QED) is 0.928. The Morgan fingerprint density at radius 3 is 2.94 bits per heavy atom. The molecule has 2 heterocycles. The Kier molecular flexibility index (Phi) is 4.45. The van der Waals surface area contributed by atoms with E-state index in [9.17, 15) is 4.79 Å². The molecule has 1 unspecified atom stereocenters. The summed E-state index contributed by atoms with van der Waals surface area (Å²) >= 11 is 3.19. The number of hydrogen-bond acceptors (Lipinski definition) is 3. The van der Waals surface area contributed by atoms with Crippen molar-refractivity contribution < 1.29 is 9.21 Å². The number of halogens is 1. The number of likely N-dealkylation sites (tertiary alicyclic amines) is 1. The van der Waals surface area contributed by atoms with Crippen LogP contribution in [0.1, 0.15) is 30.8 Å². The average molecular weight is 315 g/mol. The predicted octanol–water partition coefficient (Wildman–Crippen LogP) is 2.50. The molecule has 1 aliphatic heterocycles. The lowest BCUT2D eigenvalue weighted by molar-refractivity contribution is 0.0918. The molecule has 1 fully saturated rings. The fourth-order valence-corrected chi connectivity index (χ4v) is 2.57. The van der Waals surface area contributed by atoms with E-state index < -0.39 is 0 Å². The summed E-state index contributed by atoms with van der Waals surface area (Å²) in [5.41, 5.74) is 0. The maximum atomic E-state index is 11.8. The molecule has 0 aliphatic carbocycles. The summed E-state index contributed by atoms with van der Waals surface area (Å²) in [5, 5.41) is 2.93. The molecular formula is C13H19BrN2O2. The van der Waals surface area contributed by atoms with E-state index in [4.69, 9.17) is 4.42 Å². The van der Waals surface area contributed by atoms with Crippen LogP contribution in [-0.2, 0) is 0 Å². The topological polar surface area (TPSA) is 45.5 Å². The lowest BCUT2D eigenvalue weighted by Crippen LogP contribution is -2.32. The highest BCUT2D eigenvalue weighted by atomic mass is 79.9. The van der Waals surface area contributed by atoms with Crippen molar-refractivity contribution in [3.05, 3.63) is 22.6 Å². The zero-order valence-electron chi connectivity index (χ0n) is 10.8. The van der Waals surface area contributed by atoms with Gasteiger partial charge in [-0.3, -0.25) is 4.79 Å². The smallest absolute Gasteiger partial charge is 0.287 e. The largest absolute Gasteiger partial charge is 0.444 e. The van der Waals surface area contributed by atoms with Crippen LogP contribution in [0.15, 0.2) is 21.2 Å². The fourth-order valence-electron chi connectivity index (χ4n) is 2.26. The highest BCUT2D eigenvalue weighted by Gasteiger charge is 2.24. The number of furan rings is 1. The summed E-state index contributed by atoms with van der Waals surface area (Å²) in [6.45, 7) is 7.34. The van der Waals surface area contributed by atoms with Gasteiger partial charge in [0.2, 0.25) is 0 Å². The van der Waals surface area contributed by atoms with Gasteiger partial charge in [0.15, 0.2) is 10.4 Å². The van der Waals surface area contributed by atoms with E-state index in [-0.39, 0.29) is 5.91 Å². The minimum absolute atomic E-state index is 0.135. The first kappa shape index (κ1) is 13.6. The van der Waals surface area contributed by atoms with E-state index in [1.807, 2.05) is 0 Å². The van der Waals surface area contributed by atoms with Gasteiger partial charge in [-0.2, -0.15) is 0 Å². The minimum atomic E-state index is -0.135. The van der Waals surface area contributed by atoms with Gasteiger partial charge in [0, 0.05) is 19.1 Å². The molecule has 1 N–H and O–H groups in total. The second-order valence-corrected chi connectivity index (χ2v) is 5.84. The van der Waals surface area contributed by atoms with E-state index in [1.54, 1.807) is 12.1 Å². The molecule has 0 radical (unpaired) electrons. The summed E-state index contributed by atoms with van der Waals surface area (Å²) in [6.07, 6.45) is 1.15. The maximum absolute atomic E-state index is 11.8. The van der Waals surface area contributed by atoms with E-state index in [2.05, 4.69) is 40.0 Å². The van der Waals surface area contributed by atoms with Gasteiger partial charge in [-0.1, -0.05) is 0 Å². The molecule has 4 nitrogen and oxygen atoms in total. The standard InChI is InChI=1S/C13H19BrN2O2/c1-9(2)16-6-5-10(8-16)7-15-13(17)11-3-4-12(14)18-11/h3-4,9-10H,5-8H2,1-2H3,(H,15,17). The fraction of sp³-hybridized carbons (Fsp3) is 0.615. The zero-order chi connectivity index (χ0) is 13.1. The van der Waals surface area contributed by atoms with Crippen molar-refractivity contribution in [1.29, 1.82) is 0 Å². The first-order valence-electron chi connectivity index (χ1n) is 6.34. The lowest BCUT2D eigenvalue weighted by atomic mass is 10.1. The molecule has 2 rings (SSSR count). The van der Waals surface area contributed by atoms with Crippen molar-refractivity contribution in [1.82, 2.24) is 10.2 Å².